The van der Waals surface area contributed by atoms with Gasteiger partial charge in [0.05, 0.1) is 17.6 Å². The first-order valence-corrected chi connectivity index (χ1v) is 4.02. The first-order valence-electron chi connectivity index (χ1n) is 3.58. The van der Waals surface area contributed by atoms with Crippen molar-refractivity contribution in [3.63, 3.8) is 0 Å². The maximum Gasteiger partial charge on any atom is 0.192 e. The van der Waals surface area contributed by atoms with Gasteiger partial charge in [-0.2, -0.15) is 0 Å². The quantitative estimate of drug-likeness (QED) is 0.648. The number of nitrogens with two attached hydrogens (primary N) is 1. The molecule has 0 radical (unpaired) electrons. The maximum absolute atomic E-state index is 5.73. The highest BCUT2D eigenvalue weighted by Gasteiger charge is 2.04. The summed E-state index contributed by atoms with van der Waals surface area (Å²) in [7, 11) is 0. The van der Waals surface area contributed by atoms with Gasteiger partial charge in [-0.3, -0.25) is 9.55 Å². The molecule has 0 aliphatic carbocycles. The van der Waals surface area contributed by atoms with Gasteiger partial charge in [0, 0.05) is 6.20 Å². The van der Waals surface area contributed by atoms with E-state index >= 15 is 0 Å². The molecular formula is C7H7N5S. The van der Waals surface area contributed by atoms with E-state index in [0.29, 0.717) is 10.8 Å². The Hall–Kier alpha value is -1.56. The predicted molar refractivity (Wildman–Crippen MR) is 50.8 cm³/mol. The molecule has 2 heterocycles. The van der Waals surface area contributed by atoms with E-state index in [4.69, 9.17) is 5.73 Å². The SMILES string of the molecule is Nc1ccncc1-n1cnnc1S. The second-order valence-corrected chi connectivity index (χ2v) is 2.84. The molecule has 13 heavy (non-hydrogen) atoms. The smallest absolute Gasteiger partial charge is 0.192 e. The first-order chi connectivity index (χ1) is 6.29. The summed E-state index contributed by atoms with van der Waals surface area (Å²) < 4.78 is 1.66. The molecule has 2 rings (SSSR count). The van der Waals surface area contributed by atoms with Crippen molar-refractivity contribution in [2.24, 2.45) is 0 Å². The van der Waals surface area contributed by atoms with Gasteiger partial charge in [0.2, 0.25) is 0 Å². The van der Waals surface area contributed by atoms with Crippen LogP contribution in [0.25, 0.3) is 5.69 Å². The minimum Gasteiger partial charge on any atom is -0.397 e. The fraction of sp³-hybridized carbons (Fsp3) is 0. The number of hydrogen-bond donors (Lipinski definition) is 2. The molecule has 0 atom stereocenters. The molecular weight excluding hydrogens is 186 g/mol. The van der Waals surface area contributed by atoms with E-state index < -0.39 is 0 Å². The third kappa shape index (κ3) is 1.35. The lowest BCUT2D eigenvalue weighted by atomic mass is 10.3. The molecule has 0 fully saturated rings. The van der Waals surface area contributed by atoms with E-state index in [1.54, 1.807) is 23.0 Å². The van der Waals surface area contributed by atoms with Crippen LogP contribution in [-0.2, 0) is 0 Å². The molecule has 0 aromatic carbocycles. The summed E-state index contributed by atoms with van der Waals surface area (Å²) in [5.74, 6) is 0. The van der Waals surface area contributed by atoms with Gasteiger partial charge < -0.3 is 5.73 Å². The molecule has 2 aromatic rings. The Balaban J connectivity index is 2.59. The second kappa shape index (κ2) is 3.06. The molecule has 0 aliphatic rings. The number of hydrogen-bond acceptors (Lipinski definition) is 5. The Labute approximate surface area is 80.0 Å². The van der Waals surface area contributed by atoms with E-state index in [-0.39, 0.29) is 0 Å². The van der Waals surface area contributed by atoms with Crippen molar-refractivity contribution in [2.45, 2.75) is 5.16 Å². The normalized spacial score (nSPS) is 10.2. The lowest BCUT2D eigenvalue weighted by Crippen LogP contribution is -1.99. The van der Waals surface area contributed by atoms with E-state index in [1.807, 2.05) is 0 Å². The second-order valence-electron chi connectivity index (χ2n) is 2.44. The van der Waals surface area contributed by atoms with Crippen LogP contribution < -0.4 is 5.73 Å². The van der Waals surface area contributed by atoms with Gasteiger partial charge in [-0.15, -0.1) is 22.8 Å². The number of pyridine rings is 1. The Bertz CT molecular complexity index is 424. The van der Waals surface area contributed by atoms with Gasteiger partial charge in [-0.25, -0.2) is 0 Å². The van der Waals surface area contributed by atoms with Crippen LogP contribution in [0.1, 0.15) is 0 Å². The summed E-state index contributed by atoms with van der Waals surface area (Å²) in [6, 6.07) is 1.71. The minimum absolute atomic E-state index is 0.486. The maximum atomic E-state index is 5.73. The van der Waals surface area contributed by atoms with Crippen LogP contribution in [0.15, 0.2) is 29.9 Å². The predicted octanol–water partition coefficient (Wildman–Crippen LogP) is 0.533. The molecule has 2 aromatic heterocycles. The number of nitrogens with zero attached hydrogens (tertiary/aromatic N) is 4. The van der Waals surface area contributed by atoms with Crippen LogP contribution in [0.5, 0.6) is 0 Å². The lowest BCUT2D eigenvalue weighted by molar-refractivity contribution is 0.887. The molecule has 0 unspecified atom stereocenters. The zero-order chi connectivity index (χ0) is 9.26. The molecule has 66 valence electrons. The monoisotopic (exact) mass is 193 g/mol. The highest BCUT2D eigenvalue weighted by Crippen LogP contribution is 2.16. The van der Waals surface area contributed by atoms with E-state index in [0.717, 1.165) is 5.69 Å². The molecule has 0 saturated carbocycles. The Kier molecular flexibility index (Phi) is 1.90. The topological polar surface area (TPSA) is 69.6 Å². The van der Waals surface area contributed by atoms with Crippen molar-refractivity contribution in [1.29, 1.82) is 0 Å². The largest absolute Gasteiger partial charge is 0.397 e. The molecule has 0 spiro atoms. The van der Waals surface area contributed by atoms with Crippen molar-refractivity contribution >= 4 is 18.3 Å². The third-order valence-corrected chi connectivity index (χ3v) is 1.93. The highest BCUT2D eigenvalue weighted by atomic mass is 32.1. The van der Waals surface area contributed by atoms with Gasteiger partial charge >= 0.3 is 0 Å². The molecule has 0 amide bonds. The van der Waals surface area contributed by atoms with Crippen molar-refractivity contribution in [3.05, 3.63) is 24.8 Å². The molecule has 5 nitrogen and oxygen atoms in total. The zero-order valence-electron chi connectivity index (χ0n) is 6.62. The minimum atomic E-state index is 0.486. The Morgan fingerprint density at radius 1 is 1.46 bits per heavy atom. The molecule has 2 N–H and O–H groups in total. The van der Waals surface area contributed by atoms with Crippen molar-refractivity contribution in [2.75, 3.05) is 5.73 Å². The summed E-state index contributed by atoms with van der Waals surface area (Å²) in [5.41, 5.74) is 7.08. The Morgan fingerprint density at radius 3 is 2.92 bits per heavy atom. The van der Waals surface area contributed by atoms with Gasteiger partial charge in [-0.1, -0.05) is 0 Å². The van der Waals surface area contributed by atoms with Crippen LogP contribution in [0.4, 0.5) is 5.69 Å². The average Bonchev–Trinajstić information content (AvgIpc) is 2.52. The van der Waals surface area contributed by atoms with Crippen LogP contribution in [0.3, 0.4) is 0 Å². The fourth-order valence-corrected chi connectivity index (χ4v) is 1.21. The van der Waals surface area contributed by atoms with E-state index in [1.165, 1.54) is 6.33 Å². The fourth-order valence-electron chi connectivity index (χ4n) is 0.997. The number of anilines is 1. The summed E-state index contributed by atoms with van der Waals surface area (Å²) >= 11 is 4.11. The summed E-state index contributed by atoms with van der Waals surface area (Å²) in [6.45, 7) is 0. The molecule has 0 bridgehead atoms. The van der Waals surface area contributed by atoms with Crippen LogP contribution in [0, 0.1) is 0 Å². The summed E-state index contributed by atoms with van der Waals surface area (Å²) in [6.07, 6.45) is 4.80. The van der Waals surface area contributed by atoms with Gasteiger partial charge in [0.25, 0.3) is 0 Å². The first kappa shape index (κ1) is 8.06. The van der Waals surface area contributed by atoms with E-state index in [2.05, 4.69) is 27.8 Å². The number of thiol groups is 1. The van der Waals surface area contributed by atoms with Crippen LogP contribution in [0.2, 0.25) is 0 Å². The van der Waals surface area contributed by atoms with Crippen molar-refractivity contribution < 1.29 is 0 Å². The summed E-state index contributed by atoms with van der Waals surface area (Å²) in [5, 5.41) is 7.91. The van der Waals surface area contributed by atoms with Gasteiger partial charge in [0.15, 0.2) is 5.16 Å². The molecule has 6 heteroatoms. The zero-order valence-corrected chi connectivity index (χ0v) is 7.52. The summed E-state index contributed by atoms with van der Waals surface area (Å²) in [4.78, 5) is 3.95. The van der Waals surface area contributed by atoms with Crippen LogP contribution in [-0.4, -0.2) is 19.7 Å². The van der Waals surface area contributed by atoms with E-state index in [9.17, 15) is 0 Å². The number of rotatable bonds is 1. The van der Waals surface area contributed by atoms with Gasteiger partial charge in [0.1, 0.15) is 6.33 Å². The van der Waals surface area contributed by atoms with Crippen molar-refractivity contribution in [3.8, 4) is 5.69 Å². The van der Waals surface area contributed by atoms with Crippen LogP contribution >= 0.6 is 12.6 Å². The average molecular weight is 193 g/mol. The highest BCUT2D eigenvalue weighted by molar-refractivity contribution is 7.80. The Morgan fingerprint density at radius 2 is 2.31 bits per heavy atom. The standard InChI is InChI=1S/C7H7N5S/c8-5-1-2-9-3-6(5)12-4-10-11-7(12)13/h1-4H,(H2,8,9)(H,11,13). The van der Waals surface area contributed by atoms with Gasteiger partial charge in [-0.05, 0) is 6.07 Å². The number of aromatic nitrogens is 4. The number of nitrogen functional groups attached to an aromatic ring is 1. The molecule has 0 aliphatic heterocycles. The van der Waals surface area contributed by atoms with Crippen molar-refractivity contribution in [1.82, 2.24) is 19.7 Å². The lowest BCUT2D eigenvalue weighted by Gasteiger charge is -2.04. The third-order valence-electron chi connectivity index (χ3n) is 1.62. The molecule has 0 saturated heterocycles.